The van der Waals surface area contributed by atoms with E-state index in [4.69, 9.17) is 23.2 Å². The molecule has 0 aliphatic carbocycles. The quantitative estimate of drug-likeness (QED) is 0.549. The van der Waals surface area contributed by atoms with Gasteiger partial charge in [-0.2, -0.15) is 0 Å². The van der Waals surface area contributed by atoms with E-state index in [0.29, 0.717) is 5.02 Å². The Kier molecular flexibility index (Phi) is 5.57. The molecule has 0 spiro atoms. The first-order valence-electron chi connectivity index (χ1n) is 7.96. The van der Waals surface area contributed by atoms with Crippen LogP contribution in [0.2, 0.25) is 10.0 Å². The van der Waals surface area contributed by atoms with Crippen LogP contribution in [-0.4, -0.2) is 0 Å². The van der Waals surface area contributed by atoms with Crippen LogP contribution in [0.1, 0.15) is 24.1 Å². The highest BCUT2D eigenvalue weighted by Gasteiger charge is 2.10. The SMILES string of the molecule is CC(NCc1ccc(-c2ccccc2)cc1)c1cc(Cl)ccc1Cl. The Labute approximate surface area is 153 Å². The summed E-state index contributed by atoms with van der Waals surface area (Å²) < 4.78 is 0. The average Bonchev–Trinajstić information content (AvgIpc) is 2.63. The topological polar surface area (TPSA) is 12.0 Å². The zero-order chi connectivity index (χ0) is 16.9. The van der Waals surface area contributed by atoms with E-state index in [1.54, 1.807) is 0 Å². The fourth-order valence-electron chi connectivity index (χ4n) is 2.67. The minimum atomic E-state index is 0.130. The van der Waals surface area contributed by atoms with Crippen molar-refractivity contribution in [1.82, 2.24) is 5.32 Å². The van der Waals surface area contributed by atoms with Gasteiger partial charge in [0.15, 0.2) is 0 Å². The Bertz CT molecular complexity index is 798. The van der Waals surface area contributed by atoms with E-state index in [2.05, 4.69) is 60.8 Å². The number of benzene rings is 3. The van der Waals surface area contributed by atoms with Gasteiger partial charge in [-0.05, 0) is 47.4 Å². The third-order valence-corrected chi connectivity index (χ3v) is 4.68. The van der Waals surface area contributed by atoms with Gasteiger partial charge in [0.2, 0.25) is 0 Å². The molecule has 122 valence electrons. The molecule has 0 saturated carbocycles. The number of halogens is 2. The Morgan fingerprint density at radius 2 is 1.50 bits per heavy atom. The van der Waals surface area contributed by atoms with Crippen LogP contribution in [0, 0.1) is 0 Å². The van der Waals surface area contributed by atoms with Crippen LogP contribution in [0.25, 0.3) is 11.1 Å². The summed E-state index contributed by atoms with van der Waals surface area (Å²) in [5.41, 5.74) is 4.71. The van der Waals surface area contributed by atoms with Crippen molar-refractivity contribution in [2.45, 2.75) is 19.5 Å². The van der Waals surface area contributed by atoms with Crippen molar-refractivity contribution in [3.05, 3.63) is 94.0 Å². The Hall–Kier alpha value is -1.80. The summed E-state index contributed by atoms with van der Waals surface area (Å²) in [6.07, 6.45) is 0. The molecule has 0 amide bonds. The van der Waals surface area contributed by atoms with Gasteiger partial charge in [-0.25, -0.2) is 0 Å². The first-order valence-corrected chi connectivity index (χ1v) is 8.72. The van der Waals surface area contributed by atoms with E-state index in [-0.39, 0.29) is 6.04 Å². The molecule has 0 aliphatic rings. The molecule has 0 fully saturated rings. The fraction of sp³-hybridized carbons (Fsp3) is 0.143. The summed E-state index contributed by atoms with van der Waals surface area (Å²) in [4.78, 5) is 0. The van der Waals surface area contributed by atoms with Crippen molar-refractivity contribution in [3.63, 3.8) is 0 Å². The highest BCUT2D eigenvalue weighted by atomic mass is 35.5. The molecule has 3 rings (SSSR count). The number of hydrogen-bond donors (Lipinski definition) is 1. The Balaban J connectivity index is 1.65. The average molecular weight is 356 g/mol. The van der Waals surface area contributed by atoms with Crippen molar-refractivity contribution in [2.75, 3.05) is 0 Å². The molecule has 0 bridgehead atoms. The third-order valence-electron chi connectivity index (χ3n) is 4.10. The highest BCUT2D eigenvalue weighted by Crippen LogP contribution is 2.26. The van der Waals surface area contributed by atoms with Gasteiger partial charge in [-0.3, -0.25) is 0 Å². The molecular weight excluding hydrogens is 337 g/mol. The van der Waals surface area contributed by atoms with E-state index in [0.717, 1.165) is 17.1 Å². The lowest BCUT2D eigenvalue weighted by molar-refractivity contribution is 0.575. The van der Waals surface area contributed by atoms with E-state index < -0.39 is 0 Å². The molecule has 3 heteroatoms. The van der Waals surface area contributed by atoms with Crippen LogP contribution in [0.4, 0.5) is 0 Å². The largest absolute Gasteiger partial charge is 0.306 e. The minimum absolute atomic E-state index is 0.130. The molecule has 3 aromatic rings. The number of hydrogen-bond acceptors (Lipinski definition) is 1. The summed E-state index contributed by atoms with van der Waals surface area (Å²) in [7, 11) is 0. The van der Waals surface area contributed by atoms with Crippen LogP contribution < -0.4 is 5.32 Å². The zero-order valence-electron chi connectivity index (χ0n) is 13.5. The lowest BCUT2D eigenvalue weighted by atomic mass is 10.0. The van der Waals surface area contributed by atoms with Gasteiger partial charge in [-0.1, -0.05) is 77.8 Å². The monoisotopic (exact) mass is 355 g/mol. The highest BCUT2D eigenvalue weighted by molar-refractivity contribution is 6.33. The predicted octanol–water partition coefficient (Wildman–Crippen LogP) is 6.51. The first-order chi connectivity index (χ1) is 11.6. The van der Waals surface area contributed by atoms with Crippen molar-refractivity contribution in [1.29, 1.82) is 0 Å². The molecule has 0 aromatic heterocycles. The van der Waals surface area contributed by atoms with E-state index in [1.807, 2.05) is 24.3 Å². The second-order valence-electron chi connectivity index (χ2n) is 5.83. The fourth-order valence-corrected chi connectivity index (χ4v) is 3.13. The van der Waals surface area contributed by atoms with E-state index >= 15 is 0 Å². The number of nitrogens with one attached hydrogen (secondary N) is 1. The second kappa shape index (κ2) is 7.85. The summed E-state index contributed by atoms with van der Waals surface area (Å²) in [5.74, 6) is 0. The lowest BCUT2D eigenvalue weighted by Gasteiger charge is -2.16. The van der Waals surface area contributed by atoms with Crippen molar-refractivity contribution < 1.29 is 0 Å². The number of rotatable bonds is 5. The van der Waals surface area contributed by atoms with E-state index in [9.17, 15) is 0 Å². The maximum Gasteiger partial charge on any atom is 0.0454 e. The van der Waals surface area contributed by atoms with Crippen LogP contribution >= 0.6 is 23.2 Å². The summed E-state index contributed by atoms with van der Waals surface area (Å²) in [6, 6.07) is 24.7. The molecule has 1 N–H and O–H groups in total. The van der Waals surface area contributed by atoms with Gasteiger partial charge in [0, 0.05) is 22.6 Å². The Morgan fingerprint density at radius 3 is 2.21 bits per heavy atom. The van der Waals surface area contributed by atoms with Gasteiger partial charge >= 0.3 is 0 Å². The molecule has 24 heavy (non-hydrogen) atoms. The molecular formula is C21H19Cl2N. The zero-order valence-corrected chi connectivity index (χ0v) is 15.0. The summed E-state index contributed by atoms with van der Waals surface area (Å²) >= 11 is 12.3. The molecule has 1 nitrogen and oxygen atoms in total. The first kappa shape index (κ1) is 17.0. The second-order valence-corrected chi connectivity index (χ2v) is 6.68. The smallest absolute Gasteiger partial charge is 0.0454 e. The molecule has 0 radical (unpaired) electrons. The van der Waals surface area contributed by atoms with Crippen LogP contribution in [-0.2, 0) is 6.54 Å². The van der Waals surface area contributed by atoms with Gasteiger partial charge in [-0.15, -0.1) is 0 Å². The van der Waals surface area contributed by atoms with Gasteiger partial charge in [0.1, 0.15) is 0 Å². The lowest BCUT2D eigenvalue weighted by Crippen LogP contribution is -2.18. The van der Waals surface area contributed by atoms with Crippen LogP contribution in [0.15, 0.2) is 72.8 Å². The van der Waals surface area contributed by atoms with E-state index in [1.165, 1.54) is 16.7 Å². The molecule has 0 heterocycles. The minimum Gasteiger partial charge on any atom is -0.306 e. The molecule has 0 aliphatic heterocycles. The Morgan fingerprint density at radius 1 is 0.833 bits per heavy atom. The molecule has 1 unspecified atom stereocenters. The third kappa shape index (κ3) is 4.18. The predicted molar refractivity (Wildman–Crippen MR) is 104 cm³/mol. The van der Waals surface area contributed by atoms with Gasteiger partial charge in [0.25, 0.3) is 0 Å². The maximum absolute atomic E-state index is 6.26. The van der Waals surface area contributed by atoms with Gasteiger partial charge in [0.05, 0.1) is 0 Å². The molecule has 3 aromatic carbocycles. The molecule has 0 saturated heterocycles. The van der Waals surface area contributed by atoms with Gasteiger partial charge < -0.3 is 5.32 Å². The standard InChI is InChI=1S/C21H19Cl2N/c1-15(20-13-19(22)11-12-21(20)23)24-14-16-7-9-18(10-8-16)17-5-3-2-4-6-17/h2-13,15,24H,14H2,1H3. The van der Waals surface area contributed by atoms with Crippen LogP contribution in [0.3, 0.4) is 0 Å². The summed E-state index contributed by atoms with van der Waals surface area (Å²) in [6.45, 7) is 2.87. The summed E-state index contributed by atoms with van der Waals surface area (Å²) in [5, 5.41) is 4.94. The van der Waals surface area contributed by atoms with Crippen LogP contribution in [0.5, 0.6) is 0 Å². The van der Waals surface area contributed by atoms with Crippen molar-refractivity contribution in [3.8, 4) is 11.1 Å². The normalized spacial score (nSPS) is 12.1. The maximum atomic E-state index is 6.26. The van der Waals surface area contributed by atoms with Crippen molar-refractivity contribution in [2.24, 2.45) is 0 Å². The molecule has 1 atom stereocenters. The van der Waals surface area contributed by atoms with Crippen molar-refractivity contribution >= 4 is 23.2 Å².